The molecule has 158 valence electrons. The second-order valence-corrected chi connectivity index (χ2v) is 7.33. The number of benzene rings is 2. The zero-order valence-corrected chi connectivity index (χ0v) is 17.5. The Morgan fingerprint density at radius 2 is 1.77 bits per heavy atom. The highest BCUT2D eigenvalue weighted by Gasteiger charge is 2.48. The van der Waals surface area contributed by atoms with Crippen molar-refractivity contribution in [2.75, 3.05) is 11.5 Å². The van der Waals surface area contributed by atoms with Crippen molar-refractivity contribution in [2.45, 2.75) is 26.8 Å². The van der Waals surface area contributed by atoms with Gasteiger partial charge < -0.3 is 14.4 Å². The monoisotopic (exact) mass is 418 g/mol. The van der Waals surface area contributed by atoms with Crippen LogP contribution in [0.1, 0.15) is 35.4 Å². The molecule has 0 radical (unpaired) electrons. The summed E-state index contributed by atoms with van der Waals surface area (Å²) in [5.74, 6) is -0.437. The quantitative estimate of drug-likeness (QED) is 0.377. The topological polar surface area (TPSA) is 92.9 Å². The number of hydrogen-bond acceptors (Lipinski definition) is 6. The summed E-state index contributed by atoms with van der Waals surface area (Å²) in [5.41, 5.74) is 2.12. The normalized spacial score (nSPS) is 17.9. The molecule has 0 spiro atoms. The average Bonchev–Trinajstić information content (AvgIpc) is 3.30. The Bertz CT molecular complexity index is 1160. The third-order valence-electron chi connectivity index (χ3n) is 5.14. The van der Waals surface area contributed by atoms with E-state index < -0.39 is 17.7 Å². The number of aliphatic hydroxyl groups is 1. The number of Topliss-reactive ketones (excluding diaryl/α,β-unsaturated/α-hetero) is 1. The fourth-order valence-corrected chi connectivity index (χ4v) is 3.63. The first-order valence-electron chi connectivity index (χ1n) is 9.94. The summed E-state index contributed by atoms with van der Waals surface area (Å²) >= 11 is 0. The van der Waals surface area contributed by atoms with E-state index in [0.29, 0.717) is 29.2 Å². The van der Waals surface area contributed by atoms with E-state index in [9.17, 15) is 14.7 Å². The fraction of sp³-hybridized carbons (Fsp3) is 0.208. The molecular formula is C24H22N2O5. The Morgan fingerprint density at radius 3 is 2.35 bits per heavy atom. The van der Waals surface area contributed by atoms with Crippen molar-refractivity contribution in [3.8, 4) is 5.75 Å². The van der Waals surface area contributed by atoms with Gasteiger partial charge in [-0.1, -0.05) is 35.0 Å². The highest BCUT2D eigenvalue weighted by atomic mass is 16.5. The zero-order valence-electron chi connectivity index (χ0n) is 17.5. The number of rotatable bonds is 5. The van der Waals surface area contributed by atoms with Gasteiger partial charge in [-0.25, -0.2) is 0 Å². The summed E-state index contributed by atoms with van der Waals surface area (Å²) in [6, 6.07) is 14.9. The molecule has 3 aromatic rings. The minimum atomic E-state index is -0.836. The molecular weight excluding hydrogens is 396 g/mol. The lowest BCUT2D eigenvalue weighted by Gasteiger charge is -2.23. The van der Waals surface area contributed by atoms with E-state index in [-0.39, 0.29) is 17.2 Å². The number of aromatic nitrogens is 1. The van der Waals surface area contributed by atoms with Crippen LogP contribution in [0.5, 0.6) is 5.75 Å². The van der Waals surface area contributed by atoms with Crippen LogP contribution in [0.2, 0.25) is 0 Å². The van der Waals surface area contributed by atoms with E-state index in [0.717, 1.165) is 5.56 Å². The molecule has 7 heteroatoms. The molecule has 1 atom stereocenters. The second-order valence-electron chi connectivity index (χ2n) is 7.33. The molecule has 1 aliphatic rings. The van der Waals surface area contributed by atoms with Crippen LogP contribution in [-0.2, 0) is 9.59 Å². The first-order chi connectivity index (χ1) is 14.9. The number of ether oxygens (including phenoxy) is 1. The molecule has 2 heterocycles. The molecule has 0 saturated carbocycles. The Balaban J connectivity index is 1.87. The highest BCUT2D eigenvalue weighted by molar-refractivity contribution is 6.51. The van der Waals surface area contributed by atoms with Crippen molar-refractivity contribution in [3.63, 3.8) is 0 Å². The van der Waals surface area contributed by atoms with Crippen molar-refractivity contribution >= 4 is 23.3 Å². The van der Waals surface area contributed by atoms with Gasteiger partial charge >= 0.3 is 5.91 Å². The predicted octanol–water partition coefficient (Wildman–Crippen LogP) is 4.32. The number of aliphatic hydroxyl groups excluding tert-OH is 1. The van der Waals surface area contributed by atoms with Gasteiger partial charge in [0, 0.05) is 11.6 Å². The molecule has 1 fully saturated rings. The maximum absolute atomic E-state index is 13.0. The molecule has 1 saturated heterocycles. The second kappa shape index (κ2) is 8.10. The van der Waals surface area contributed by atoms with Gasteiger partial charge in [-0.05, 0) is 50.6 Å². The minimum Gasteiger partial charge on any atom is -0.507 e. The molecule has 1 unspecified atom stereocenters. The van der Waals surface area contributed by atoms with Gasteiger partial charge in [-0.3, -0.25) is 14.5 Å². The van der Waals surface area contributed by atoms with Crippen LogP contribution in [0, 0.1) is 13.8 Å². The summed E-state index contributed by atoms with van der Waals surface area (Å²) in [5, 5.41) is 15.0. The molecule has 0 bridgehead atoms. The highest BCUT2D eigenvalue weighted by Crippen LogP contribution is 2.42. The lowest BCUT2D eigenvalue weighted by molar-refractivity contribution is -0.132. The smallest absolute Gasteiger partial charge is 0.301 e. The number of amides is 1. The maximum atomic E-state index is 13.0. The van der Waals surface area contributed by atoms with Crippen molar-refractivity contribution in [1.29, 1.82) is 0 Å². The Labute approximate surface area is 179 Å². The van der Waals surface area contributed by atoms with Gasteiger partial charge in [0.05, 0.1) is 18.2 Å². The zero-order chi connectivity index (χ0) is 22.1. The van der Waals surface area contributed by atoms with Gasteiger partial charge in [-0.15, -0.1) is 0 Å². The van der Waals surface area contributed by atoms with E-state index in [1.54, 1.807) is 37.3 Å². The van der Waals surface area contributed by atoms with E-state index in [4.69, 9.17) is 9.26 Å². The third-order valence-corrected chi connectivity index (χ3v) is 5.14. The van der Waals surface area contributed by atoms with Crippen molar-refractivity contribution in [2.24, 2.45) is 0 Å². The summed E-state index contributed by atoms with van der Waals surface area (Å²) < 4.78 is 10.6. The van der Waals surface area contributed by atoms with Crippen LogP contribution in [0.4, 0.5) is 5.82 Å². The number of aryl methyl sites for hydroxylation is 2. The van der Waals surface area contributed by atoms with Gasteiger partial charge in [0.25, 0.3) is 5.78 Å². The number of carbonyl (C=O) groups is 2. The Kier molecular flexibility index (Phi) is 5.33. The van der Waals surface area contributed by atoms with Crippen molar-refractivity contribution < 1.29 is 24.0 Å². The van der Waals surface area contributed by atoms with E-state index >= 15 is 0 Å². The molecule has 1 N–H and O–H groups in total. The number of anilines is 1. The lowest BCUT2D eigenvalue weighted by Crippen LogP contribution is -2.29. The van der Waals surface area contributed by atoms with Gasteiger partial charge in [0.2, 0.25) is 0 Å². The molecule has 1 aromatic heterocycles. The summed E-state index contributed by atoms with van der Waals surface area (Å²) in [6.07, 6.45) is 0. The van der Waals surface area contributed by atoms with Crippen LogP contribution < -0.4 is 9.64 Å². The standard InChI is InChI=1S/C24H22N2O5/c1-4-30-18-11-9-17(10-12-18)22(27)20-21(16-7-5-14(2)6-8-16)26(24(29)23(20)28)19-13-15(3)31-25-19/h5-13,21,27H,4H2,1-3H3/b22-20+. The van der Waals surface area contributed by atoms with Crippen LogP contribution in [0.3, 0.4) is 0 Å². The van der Waals surface area contributed by atoms with Gasteiger partial charge in [0.15, 0.2) is 5.82 Å². The lowest BCUT2D eigenvalue weighted by atomic mass is 9.94. The van der Waals surface area contributed by atoms with Crippen LogP contribution in [0.15, 0.2) is 64.7 Å². The van der Waals surface area contributed by atoms with Gasteiger partial charge in [-0.2, -0.15) is 0 Å². The van der Waals surface area contributed by atoms with E-state index in [2.05, 4.69) is 5.16 Å². The number of nitrogens with zero attached hydrogens (tertiary/aromatic N) is 2. The molecule has 7 nitrogen and oxygen atoms in total. The Morgan fingerprint density at radius 1 is 1.10 bits per heavy atom. The number of ketones is 1. The maximum Gasteiger partial charge on any atom is 0.301 e. The molecule has 4 rings (SSSR count). The predicted molar refractivity (Wildman–Crippen MR) is 115 cm³/mol. The SMILES string of the molecule is CCOc1ccc(/C(O)=C2\C(=O)C(=O)N(c3cc(C)on3)C2c2ccc(C)cc2)cc1. The minimum absolute atomic E-state index is 0.00124. The molecule has 1 aliphatic heterocycles. The molecule has 31 heavy (non-hydrogen) atoms. The van der Waals surface area contributed by atoms with Crippen molar-refractivity contribution in [3.05, 3.63) is 82.6 Å². The van der Waals surface area contributed by atoms with Crippen molar-refractivity contribution in [1.82, 2.24) is 5.16 Å². The molecule has 1 amide bonds. The van der Waals surface area contributed by atoms with E-state index in [1.807, 2.05) is 38.1 Å². The van der Waals surface area contributed by atoms with Crippen LogP contribution in [-0.4, -0.2) is 28.6 Å². The summed E-state index contributed by atoms with van der Waals surface area (Å²) in [4.78, 5) is 27.3. The molecule has 2 aromatic carbocycles. The third kappa shape index (κ3) is 3.70. The number of hydrogen-bond donors (Lipinski definition) is 1. The van der Waals surface area contributed by atoms with Crippen LogP contribution in [0.25, 0.3) is 5.76 Å². The Hall–Kier alpha value is -3.87. The molecule has 0 aliphatic carbocycles. The largest absolute Gasteiger partial charge is 0.507 e. The van der Waals surface area contributed by atoms with Gasteiger partial charge in [0.1, 0.15) is 17.3 Å². The fourth-order valence-electron chi connectivity index (χ4n) is 3.63. The van der Waals surface area contributed by atoms with E-state index in [1.165, 1.54) is 4.90 Å². The number of carbonyl (C=O) groups excluding carboxylic acids is 2. The van der Waals surface area contributed by atoms with Crippen LogP contribution >= 0.6 is 0 Å². The first-order valence-corrected chi connectivity index (χ1v) is 9.94. The summed E-state index contributed by atoms with van der Waals surface area (Å²) in [6.45, 7) is 6.04. The average molecular weight is 418 g/mol. The first kappa shape index (κ1) is 20.4. The summed E-state index contributed by atoms with van der Waals surface area (Å²) in [7, 11) is 0.